The van der Waals surface area contributed by atoms with Crippen LogP contribution in [0.4, 0.5) is 0 Å². The average Bonchev–Trinajstić information content (AvgIpc) is 2.75. The van der Waals surface area contributed by atoms with Crippen LogP contribution in [0.5, 0.6) is 0 Å². The average molecular weight is 234 g/mol. The lowest BCUT2D eigenvalue weighted by atomic mass is 10.1. The monoisotopic (exact) mass is 234 g/mol. The summed E-state index contributed by atoms with van der Waals surface area (Å²) in [4.78, 5) is 1.38. The number of benzene rings is 1. The van der Waals surface area contributed by atoms with Gasteiger partial charge in [-0.15, -0.1) is 11.8 Å². The van der Waals surface area contributed by atoms with Crippen molar-refractivity contribution in [2.24, 2.45) is 0 Å². The molecule has 0 aromatic heterocycles. The van der Waals surface area contributed by atoms with Crippen LogP contribution in [0, 0.1) is 0 Å². The number of hydrogen-bond donors (Lipinski definition) is 2. The van der Waals surface area contributed by atoms with Crippen molar-refractivity contribution < 1.29 is 0 Å². The summed E-state index contributed by atoms with van der Waals surface area (Å²) in [5.74, 6) is 0.996. The molecule has 0 fully saturated rings. The minimum Gasteiger partial charge on any atom is -0.378 e. The van der Waals surface area contributed by atoms with E-state index in [0.29, 0.717) is 6.04 Å². The maximum absolute atomic E-state index is 3.35. The molecule has 0 spiro atoms. The first-order valence-electron chi connectivity index (χ1n) is 5.57. The van der Waals surface area contributed by atoms with Crippen molar-refractivity contribution in [3.63, 3.8) is 0 Å². The molecule has 1 aromatic rings. The second-order valence-corrected chi connectivity index (χ2v) is 5.04. The van der Waals surface area contributed by atoms with Crippen molar-refractivity contribution in [3.05, 3.63) is 41.1 Å². The highest BCUT2D eigenvalue weighted by atomic mass is 32.2. The Morgan fingerprint density at radius 1 is 1.31 bits per heavy atom. The molecule has 0 saturated heterocycles. The second-order valence-electron chi connectivity index (χ2n) is 4.05. The van der Waals surface area contributed by atoms with Crippen molar-refractivity contribution >= 4 is 16.7 Å². The fourth-order valence-electron chi connectivity index (χ4n) is 1.79. The first-order valence-corrected chi connectivity index (χ1v) is 6.56. The fourth-order valence-corrected chi connectivity index (χ4v) is 2.82. The van der Waals surface area contributed by atoms with Gasteiger partial charge in [0.15, 0.2) is 0 Å². The zero-order valence-corrected chi connectivity index (χ0v) is 10.8. The minimum atomic E-state index is 0.415. The van der Waals surface area contributed by atoms with E-state index < -0.39 is 0 Å². The van der Waals surface area contributed by atoms with Gasteiger partial charge in [0.05, 0.1) is 5.88 Å². The molecule has 86 valence electrons. The summed E-state index contributed by atoms with van der Waals surface area (Å²) in [6.45, 7) is 4.31. The maximum atomic E-state index is 3.35. The Morgan fingerprint density at radius 3 is 2.50 bits per heavy atom. The van der Waals surface area contributed by atoms with E-state index >= 15 is 0 Å². The normalized spacial score (nSPS) is 17.4. The summed E-state index contributed by atoms with van der Waals surface area (Å²) >= 11 is 1.88. The summed E-state index contributed by atoms with van der Waals surface area (Å²) in [6, 6.07) is 9.24. The molecule has 0 unspecified atom stereocenters. The van der Waals surface area contributed by atoms with E-state index in [4.69, 9.17) is 0 Å². The number of thioether (sulfide) groups is 1. The zero-order valence-electron chi connectivity index (χ0n) is 10.0. The Balaban J connectivity index is 2.23. The highest BCUT2D eigenvalue weighted by molar-refractivity contribution is 8.08. The van der Waals surface area contributed by atoms with Crippen LogP contribution in [-0.4, -0.2) is 12.9 Å². The number of hydrogen-bond acceptors (Lipinski definition) is 3. The van der Waals surface area contributed by atoms with Gasteiger partial charge in [-0.3, -0.25) is 0 Å². The van der Waals surface area contributed by atoms with Crippen LogP contribution in [-0.2, 0) is 0 Å². The predicted octanol–water partition coefficient (Wildman–Crippen LogP) is 2.95. The molecule has 1 atom stereocenters. The molecule has 0 radical (unpaired) electrons. The summed E-state index contributed by atoms with van der Waals surface area (Å²) < 4.78 is 0. The zero-order chi connectivity index (χ0) is 11.5. The molecule has 16 heavy (non-hydrogen) atoms. The summed E-state index contributed by atoms with van der Waals surface area (Å²) in [5.41, 5.74) is 3.94. The lowest BCUT2D eigenvalue weighted by Gasteiger charge is -2.11. The van der Waals surface area contributed by atoms with E-state index in [0.717, 1.165) is 5.88 Å². The lowest BCUT2D eigenvalue weighted by molar-refractivity contribution is 0.652. The Kier molecular flexibility index (Phi) is 3.56. The van der Waals surface area contributed by atoms with Crippen molar-refractivity contribution in [2.45, 2.75) is 19.9 Å². The number of rotatable bonds is 3. The molecule has 0 aliphatic carbocycles. The van der Waals surface area contributed by atoms with Gasteiger partial charge in [0, 0.05) is 16.6 Å². The molecule has 2 N–H and O–H groups in total. The molecule has 0 amide bonds. The van der Waals surface area contributed by atoms with Crippen molar-refractivity contribution in [1.82, 2.24) is 10.6 Å². The Hall–Kier alpha value is -0.930. The van der Waals surface area contributed by atoms with Crippen LogP contribution in [0.25, 0.3) is 4.91 Å². The van der Waals surface area contributed by atoms with Crippen LogP contribution >= 0.6 is 11.8 Å². The highest BCUT2D eigenvalue weighted by Crippen LogP contribution is 2.33. The molecule has 1 aliphatic rings. The van der Waals surface area contributed by atoms with E-state index in [2.05, 4.69) is 48.7 Å². The van der Waals surface area contributed by atoms with Gasteiger partial charge in [-0.1, -0.05) is 24.3 Å². The van der Waals surface area contributed by atoms with E-state index in [1.165, 1.54) is 21.7 Å². The van der Waals surface area contributed by atoms with Crippen LogP contribution in [0.3, 0.4) is 0 Å². The third-order valence-electron chi connectivity index (χ3n) is 3.00. The fraction of sp³-hybridized carbons (Fsp3) is 0.385. The molecule has 3 heteroatoms. The SMILES string of the molecule is CN[C@@H](C)c1ccc(C2=C(C)NCS2)cc1. The van der Waals surface area contributed by atoms with Crippen LogP contribution in [0.2, 0.25) is 0 Å². The van der Waals surface area contributed by atoms with Crippen molar-refractivity contribution in [2.75, 3.05) is 12.9 Å². The standard InChI is InChI=1S/C13H18N2S/c1-9(14-3)11-4-6-12(7-5-11)13-10(2)15-8-16-13/h4-7,9,14-15H,8H2,1-3H3/t9-/m0/s1. The highest BCUT2D eigenvalue weighted by Gasteiger charge is 2.12. The van der Waals surface area contributed by atoms with Gasteiger partial charge in [0.2, 0.25) is 0 Å². The third kappa shape index (κ3) is 2.25. The lowest BCUT2D eigenvalue weighted by Crippen LogP contribution is -2.11. The topological polar surface area (TPSA) is 24.1 Å². The minimum absolute atomic E-state index is 0.415. The van der Waals surface area contributed by atoms with Crippen LogP contribution in [0.1, 0.15) is 31.0 Å². The van der Waals surface area contributed by atoms with Gasteiger partial charge in [0.25, 0.3) is 0 Å². The van der Waals surface area contributed by atoms with E-state index in [1.807, 2.05) is 18.8 Å². The van der Waals surface area contributed by atoms with Gasteiger partial charge in [-0.05, 0) is 32.0 Å². The van der Waals surface area contributed by atoms with Crippen molar-refractivity contribution in [1.29, 1.82) is 0 Å². The smallest absolute Gasteiger partial charge is 0.0655 e. The molecule has 0 bridgehead atoms. The molecular weight excluding hydrogens is 216 g/mol. The number of allylic oxidation sites excluding steroid dienone is 1. The van der Waals surface area contributed by atoms with Gasteiger partial charge in [-0.25, -0.2) is 0 Å². The molecule has 2 nitrogen and oxygen atoms in total. The molecule has 1 aliphatic heterocycles. The van der Waals surface area contributed by atoms with Gasteiger partial charge < -0.3 is 10.6 Å². The van der Waals surface area contributed by atoms with E-state index in [-0.39, 0.29) is 0 Å². The molecule has 2 rings (SSSR count). The Bertz CT molecular complexity index is 395. The molecular formula is C13H18N2S. The molecule has 0 saturated carbocycles. The van der Waals surface area contributed by atoms with Crippen LogP contribution < -0.4 is 10.6 Å². The molecule has 1 aromatic carbocycles. The quantitative estimate of drug-likeness (QED) is 0.841. The van der Waals surface area contributed by atoms with Crippen molar-refractivity contribution in [3.8, 4) is 0 Å². The van der Waals surface area contributed by atoms with E-state index in [1.54, 1.807) is 0 Å². The summed E-state index contributed by atoms with van der Waals surface area (Å²) in [6.07, 6.45) is 0. The van der Waals surface area contributed by atoms with Gasteiger partial charge >= 0.3 is 0 Å². The number of nitrogens with one attached hydrogen (secondary N) is 2. The second kappa shape index (κ2) is 4.93. The summed E-state index contributed by atoms with van der Waals surface area (Å²) in [7, 11) is 1.99. The first kappa shape index (κ1) is 11.6. The first-order chi connectivity index (χ1) is 7.72. The third-order valence-corrected chi connectivity index (χ3v) is 4.12. The Labute approximate surface area is 102 Å². The molecule has 1 heterocycles. The Morgan fingerprint density at radius 2 is 2.00 bits per heavy atom. The van der Waals surface area contributed by atoms with Crippen LogP contribution in [0.15, 0.2) is 30.0 Å². The summed E-state index contributed by atoms with van der Waals surface area (Å²) in [5, 5.41) is 6.60. The van der Waals surface area contributed by atoms with Gasteiger partial charge in [-0.2, -0.15) is 0 Å². The largest absolute Gasteiger partial charge is 0.378 e. The maximum Gasteiger partial charge on any atom is 0.0655 e. The van der Waals surface area contributed by atoms with E-state index in [9.17, 15) is 0 Å². The predicted molar refractivity (Wildman–Crippen MR) is 72.1 cm³/mol. The van der Waals surface area contributed by atoms with Gasteiger partial charge in [0.1, 0.15) is 0 Å².